The van der Waals surface area contributed by atoms with Crippen molar-refractivity contribution in [3.8, 4) is 0 Å². The summed E-state index contributed by atoms with van der Waals surface area (Å²) in [5.41, 5.74) is 1.76. The zero-order valence-electron chi connectivity index (χ0n) is 13.3. The maximum Gasteiger partial charge on any atom is 0.258 e. The van der Waals surface area contributed by atoms with Gasteiger partial charge in [-0.25, -0.2) is 9.97 Å². The van der Waals surface area contributed by atoms with Crippen LogP contribution in [0.2, 0.25) is 10.0 Å². The van der Waals surface area contributed by atoms with E-state index in [4.69, 9.17) is 23.2 Å². The number of benzene rings is 2. The Hall–Kier alpha value is -2.63. The first-order valence-electron chi connectivity index (χ1n) is 7.42. The van der Waals surface area contributed by atoms with Gasteiger partial charge >= 0.3 is 0 Å². The second-order valence-corrected chi connectivity index (χ2v) is 6.09. The number of anilines is 3. The third kappa shape index (κ3) is 4.07. The molecule has 0 aliphatic heterocycles. The molecule has 3 rings (SSSR count). The van der Waals surface area contributed by atoms with Gasteiger partial charge in [0.05, 0.1) is 16.3 Å². The van der Waals surface area contributed by atoms with E-state index in [9.17, 15) is 4.79 Å². The summed E-state index contributed by atoms with van der Waals surface area (Å²) in [4.78, 5) is 22.6. The van der Waals surface area contributed by atoms with E-state index in [1.165, 1.54) is 12.4 Å². The fraction of sp³-hybridized carbons (Fsp3) is 0.0556. The van der Waals surface area contributed by atoms with Crippen LogP contribution in [0.3, 0.4) is 0 Å². The third-order valence-corrected chi connectivity index (χ3v) is 4.07. The SMILES string of the molecule is CN(c1ccccc1)c1ncc(C(=O)Nc2ccc(Cl)cc2Cl)cn1. The molecular weight excluding hydrogens is 359 g/mol. The van der Waals surface area contributed by atoms with Crippen molar-refractivity contribution in [2.45, 2.75) is 0 Å². The van der Waals surface area contributed by atoms with Gasteiger partial charge in [-0.1, -0.05) is 41.4 Å². The quantitative estimate of drug-likeness (QED) is 0.714. The van der Waals surface area contributed by atoms with Gasteiger partial charge in [0.1, 0.15) is 0 Å². The summed E-state index contributed by atoms with van der Waals surface area (Å²) in [6.45, 7) is 0. The van der Waals surface area contributed by atoms with E-state index >= 15 is 0 Å². The molecule has 1 N–H and O–H groups in total. The van der Waals surface area contributed by atoms with Crippen LogP contribution in [0.1, 0.15) is 10.4 Å². The lowest BCUT2D eigenvalue weighted by atomic mass is 10.2. The molecule has 5 nitrogen and oxygen atoms in total. The molecule has 0 saturated heterocycles. The average molecular weight is 373 g/mol. The van der Waals surface area contributed by atoms with Gasteiger partial charge in [0, 0.05) is 30.2 Å². The number of carbonyl (C=O) groups excluding carboxylic acids is 1. The highest BCUT2D eigenvalue weighted by molar-refractivity contribution is 6.36. The summed E-state index contributed by atoms with van der Waals surface area (Å²) in [5.74, 6) is 0.144. The number of aromatic nitrogens is 2. The van der Waals surface area contributed by atoms with Crippen LogP contribution in [-0.4, -0.2) is 22.9 Å². The zero-order valence-corrected chi connectivity index (χ0v) is 14.8. The first-order valence-corrected chi connectivity index (χ1v) is 8.17. The van der Waals surface area contributed by atoms with Crippen molar-refractivity contribution in [2.24, 2.45) is 0 Å². The number of para-hydroxylation sites is 1. The molecule has 1 amide bonds. The number of hydrogen-bond donors (Lipinski definition) is 1. The summed E-state index contributed by atoms with van der Waals surface area (Å²) < 4.78 is 0. The third-order valence-electron chi connectivity index (χ3n) is 3.52. The Bertz CT molecular complexity index is 885. The average Bonchev–Trinajstić information content (AvgIpc) is 2.64. The maximum atomic E-state index is 12.3. The molecule has 7 heteroatoms. The van der Waals surface area contributed by atoms with Gasteiger partial charge in [0.15, 0.2) is 0 Å². The van der Waals surface area contributed by atoms with E-state index < -0.39 is 0 Å². The second kappa shape index (κ2) is 7.51. The smallest absolute Gasteiger partial charge is 0.258 e. The van der Waals surface area contributed by atoms with Gasteiger partial charge in [-0.2, -0.15) is 0 Å². The highest BCUT2D eigenvalue weighted by Gasteiger charge is 2.12. The van der Waals surface area contributed by atoms with Gasteiger partial charge in [-0.3, -0.25) is 4.79 Å². The molecule has 0 atom stereocenters. The highest BCUT2D eigenvalue weighted by Crippen LogP contribution is 2.26. The summed E-state index contributed by atoms with van der Waals surface area (Å²) in [5, 5.41) is 3.57. The summed E-state index contributed by atoms with van der Waals surface area (Å²) in [6, 6.07) is 14.6. The largest absolute Gasteiger partial charge is 0.321 e. The predicted octanol–water partition coefficient (Wildman–Crippen LogP) is 4.80. The molecule has 0 unspecified atom stereocenters. The van der Waals surface area contributed by atoms with Gasteiger partial charge in [0.25, 0.3) is 5.91 Å². The van der Waals surface area contributed by atoms with Crippen LogP contribution in [0.25, 0.3) is 0 Å². The first kappa shape index (κ1) is 17.2. The molecule has 1 aromatic heterocycles. The molecule has 2 aromatic carbocycles. The molecule has 1 heterocycles. The van der Waals surface area contributed by atoms with E-state index in [1.807, 2.05) is 42.3 Å². The number of amides is 1. The zero-order chi connectivity index (χ0) is 17.8. The Balaban J connectivity index is 1.74. The Morgan fingerprint density at radius 2 is 1.72 bits per heavy atom. The van der Waals surface area contributed by atoms with Gasteiger partial charge < -0.3 is 10.2 Å². The number of rotatable bonds is 4. The molecule has 0 saturated carbocycles. The van der Waals surface area contributed by atoms with Crippen LogP contribution < -0.4 is 10.2 Å². The molecule has 0 spiro atoms. The van der Waals surface area contributed by atoms with Gasteiger partial charge in [0.2, 0.25) is 5.95 Å². The van der Waals surface area contributed by atoms with Gasteiger partial charge in [-0.15, -0.1) is 0 Å². The molecule has 3 aromatic rings. The molecule has 0 bridgehead atoms. The Kier molecular flexibility index (Phi) is 5.16. The second-order valence-electron chi connectivity index (χ2n) is 5.24. The number of carbonyl (C=O) groups is 1. The van der Waals surface area contributed by atoms with Crippen molar-refractivity contribution in [3.63, 3.8) is 0 Å². The van der Waals surface area contributed by atoms with Crippen LogP contribution in [-0.2, 0) is 0 Å². The van der Waals surface area contributed by atoms with E-state index in [-0.39, 0.29) is 5.91 Å². The maximum absolute atomic E-state index is 12.3. The van der Waals surface area contributed by atoms with Crippen LogP contribution in [0.4, 0.5) is 17.3 Å². The Morgan fingerprint density at radius 1 is 1.04 bits per heavy atom. The molecule has 0 fully saturated rings. The van der Waals surface area contributed by atoms with Crippen molar-refractivity contribution in [2.75, 3.05) is 17.3 Å². The predicted molar refractivity (Wildman–Crippen MR) is 101 cm³/mol. The Morgan fingerprint density at radius 3 is 2.36 bits per heavy atom. The van der Waals surface area contributed by atoms with Crippen molar-refractivity contribution >= 4 is 46.4 Å². The summed E-state index contributed by atoms with van der Waals surface area (Å²) in [7, 11) is 1.86. The standard InChI is InChI=1S/C18H14Cl2N4O/c1-24(14-5-3-2-4-6-14)18-21-10-12(11-22-18)17(25)23-16-8-7-13(19)9-15(16)20/h2-11H,1H3,(H,23,25). The lowest BCUT2D eigenvalue weighted by Gasteiger charge is -2.16. The summed E-state index contributed by atoms with van der Waals surface area (Å²) >= 11 is 11.9. The molecule has 0 aliphatic rings. The fourth-order valence-corrected chi connectivity index (χ4v) is 2.62. The van der Waals surface area contributed by atoms with E-state index in [0.29, 0.717) is 27.2 Å². The number of nitrogens with zero attached hydrogens (tertiary/aromatic N) is 3. The molecule has 25 heavy (non-hydrogen) atoms. The number of hydrogen-bond acceptors (Lipinski definition) is 4. The van der Waals surface area contributed by atoms with Crippen molar-refractivity contribution < 1.29 is 4.79 Å². The minimum atomic E-state index is -0.349. The highest BCUT2D eigenvalue weighted by atomic mass is 35.5. The monoisotopic (exact) mass is 372 g/mol. The first-order chi connectivity index (χ1) is 12.0. The van der Waals surface area contributed by atoms with E-state index in [1.54, 1.807) is 18.2 Å². The van der Waals surface area contributed by atoms with Crippen LogP contribution in [0, 0.1) is 0 Å². The topological polar surface area (TPSA) is 58.1 Å². The molecule has 0 radical (unpaired) electrons. The van der Waals surface area contributed by atoms with Crippen LogP contribution >= 0.6 is 23.2 Å². The van der Waals surface area contributed by atoms with Crippen LogP contribution in [0.15, 0.2) is 60.9 Å². The summed E-state index contributed by atoms with van der Waals surface area (Å²) in [6.07, 6.45) is 2.95. The number of nitrogens with one attached hydrogen (secondary N) is 1. The van der Waals surface area contributed by atoms with E-state index in [0.717, 1.165) is 5.69 Å². The van der Waals surface area contributed by atoms with E-state index in [2.05, 4.69) is 15.3 Å². The number of halogens is 2. The van der Waals surface area contributed by atoms with Crippen molar-refractivity contribution in [1.82, 2.24) is 9.97 Å². The molecule has 126 valence electrons. The molecule has 0 aliphatic carbocycles. The van der Waals surface area contributed by atoms with Crippen molar-refractivity contribution in [3.05, 3.63) is 76.5 Å². The van der Waals surface area contributed by atoms with Crippen LogP contribution in [0.5, 0.6) is 0 Å². The van der Waals surface area contributed by atoms with Crippen molar-refractivity contribution in [1.29, 1.82) is 0 Å². The Labute approximate surface area is 155 Å². The minimum absolute atomic E-state index is 0.330. The fourth-order valence-electron chi connectivity index (χ4n) is 2.16. The van der Waals surface area contributed by atoms with Gasteiger partial charge in [-0.05, 0) is 30.3 Å². The minimum Gasteiger partial charge on any atom is -0.321 e. The lowest BCUT2D eigenvalue weighted by molar-refractivity contribution is 0.102. The lowest BCUT2D eigenvalue weighted by Crippen LogP contribution is -2.16. The molecular formula is C18H14Cl2N4O. The normalized spacial score (nSPS) is 10.4.